The molecule has 0 saturated heterocycles. The number of alkyl halides is 3. The van der Waals surface area contributed by atoms with E-state index < -0.39 is 32.7 Å². The molecule has 0 bridgehead atoms. The van der Waals surface area contributed by atoms with Crippen molar-refractivity contribution in [3.05, 3.63) is 72.1 Å². The summed E-state index contributed by atoms with van der Waals surface area (Å²) in [7, 11) is -4.38. The number of hydrogen-bond donors (Lipinski definition) is 2. The van der Waals surface area contributed by atoms with E-state index in [1.54, 1.807) is 6.92 Å². The molecule has 0 radical (unpaired) electrons. The first-order valence-corrected chi connectivity index (χ1v) is 10.9. The van der Waals surface area contributed by atoms with Gasteiger partial charge in [-0.1, -0.05) is 36.4 Å². The molecule has 168 valence electrons. The van der Waals surface area contributed by atoms with Crippen LogP contribution in [0.4, 0.5) is 13.2 Å². The van der Waals surface area contributed by atoms with Gasteiger partial charge in [0.25, 0.3) is 0 Å². The van der Waals surface area contributed by atoms with Gasteiger partial charge in [-0.15, -0.1) is 12.4 Å². The minimum absolute atomic E-state index is 0. The van der Waals surface area contributed by atoms with Gasteiger partial charge < -0.3 is 5.32 Å². The number of benzene rings is 2. The van der Waals surface area contributed by atoms with Crippen LogP contribution in [0.25, 0.3) is 10.8 Å². The van der Waals surface area contributed by atoms with Crippen LogP contribution in [0.5, 0.6) is 0 Å². The first-order valence-electron chi connectivity index (χ1n) is 9.39. The molecule has 5 nitrogen and oxygen atoms in total. The van der Waals surface area contributed by atoms with Crippen molar-refractivity contribution in [1.82, 2.24) is 15.0 Å². The van der Waals surface area contributed by atoms with Crippen LogP contribution in [-0.2, 0) is 22.6 Å². The number of rotatable bonds is 8. The van der Waals surface area contributed by atoms with Crippen molar-refractivity contribution in [2.75, 3.05) is 13.1 Å². The molecule has 3 aromatic rings. The lowest BCUT2D eigenvalue weighted by Gasteiger charge is -2.19. The molecule has 0 fully saturated rings. The van der Waals surface area contributed by atoms with E-state index >= 15 is 0 Å². The number of halogens is 4. The largest absolute Gasteiger partial charge is 0.418 e. The van der Waals surface area contributed by atoms with Crippen LogP contribution < -0.4 is 10.0 Å². The number of nitrogens with zero attached hydrogens (tertiary/aromatic N) is 1. The Labute approximate surface area is 185 Å². The molecular weight excluding hydrogens is 451 g/mol. The summed E-state index contributed by atoms with van der Waals surface area (Å²) >= 11 is 0. The monoisotopic (exact) mass is 473 g/mol. The maximum Gasteiger partial charge on any atom is 0.418 e. The molecular formula is C21H23ClF3N3O2S. The minimum atomic E-state index is -4.83. The van der Waals surface area contributed by atoms with Crippen LogP contribution in [-0.4, -0.2) is 32.5 Å². The maximum absolute atomic E-state index is 13.7. The molecule has 1 aromatic heterocycles. The Morgan fingerprint density at radius 1 is 1.06 bits per heavy atom. The van der Waals surface area contributed by atoms with Crippen LogP contribution in [0, 0.1) is 0 Å². The third-order valence-electron chi connectivity index (χ3n) is 4.60. The van der Waals surface area contributed by atoms with Gasteiger partial charge >= 0.3 is 6.18 Å². The topological polar surface area (TPSA) is 71.1 Å². The van der Waals surface area contributed by atoms with E-state index in [4.69, 9.17) is 0 Å². The van der Waals surface area contributed by atoms with Crippen molar-refractivity contribution >= 4 is 33.2 Å². The van der Waals surface area contributed by atoms with Crippen molar-refractivity contribution < 1.29 is 21.6 Å². The van der Waals surface area contributed by atoms with E-state index in [-0.39, 0.29) is 29.7 Å². The molecule has 0 spiro atoms. The molecule has 3 rings (SSSR count). The highest BCUT2D eigenvalue weighted by Gasteiger charge is 2.39. The van der Waals surface area contributed by atoms with Gasteiger partial charge in [-0.3, -0.25) is 4.98 Å². The fourth-order valence-electron chi connectivity index (χ4n) is 3.23. The van der Waals surface area contributed by atoms with E-state index in [2.05, 4.69) is 15.0 Å². The van der Waals surface area contributed by atoms with E-state index in [0.717, 1.165) is 18.1 Å². The summed E-state index contributed by atoms with van der Waals surface area (Å²) in [4.78, 5) is 3.01. The van der Waals surface area contributed by atoms with Crippen LogP contribution >= 0.6 is 12.4 Å². The molecule has 31 heavy (non-hydrogen) atoms. The summed E-state index contributed by atoms with van der Waals surface area (Å²) in [5, 5.41) is 3.15. The van der Waals surface area contributed by atoms with E-state index in [1.165, 1.54) is 24.5 Å². The zero-order chi connectivity index (χ0) is 21.8. The molecule has 0 unspecified atom stereocenters. The summed E-state index contributed by atoms with van der Waals surface area (Å²) in [5.41, 5.74) is -0.0437. The molecule has 1 atom stereocenters. The van der Waals surface area contributed by atoms with Gasteiger partial charge in [-0.2, -0.15) is 13.2 Å². The highest BCUT2D eigenvalue weighted by Crippen LogP contribution is 2.39. The Morgan fingerprint density at radius 2 is 1.77 bits per heavy atom. The smallest absolute Gasteiger partial charge is 0.315 e. The third-order valence-corrected chi connectivity index (χ3v) is 6.23. The summed E-state index contributed by atoms with van der Waals surface area (Å²) in [5.74, 6) is 0. The third kappa shape index (κ3) is 6.39. The average molecular weight is 474 g/mol. The van der Waals surface area contributed by atoms with Gasteiger partial charge in [0.05, 0.1) is 10.5 Å². The normalized spacial score (nSPS) is 13.0. The highest BCUT2D eigenvalue weighted by molar-refractivity contribution is 7.89. The van der Waals surface area contributed by atoms with Crippen molar-refractivity contribution in [1.29, 1.82) is 0 Å². The number of pyridine rings is 1. The SMILES string of the molecule is C[C@H](CNCCc1ccccc1)NS(=O)(=O)c1ccc2cnccc2c1C(F)(F)F.Cl. The lowest BCUT2D eigenvalue weighted by Crippen LogP contribution is -2.41. The standard InChI is InChI=1S/C21H22F3N3O2S.ClH/c1-15(13-25-11-9-16-5-3-2-4-6-16)27-30(28,29)19-8-7-17-14-26-12-10-18(17)20(19)21(22,23)24;/h2-8,10,12,14-15,25,27H,9,11,13H2,1H3;1H/t15-;/m1./s1. The Morgan fingerprint density at radius 3 is 2.45 bits per heavy atom. The van der Waals surface area contributed by atoms with Gasteiger partial charge in [0.2, 0.25) is 10.0 Å². The number of sulfonamides is 1. The first-order chi connectivity index (χ1) is 14.2. The van der Waals surface area contributed by atoms with Gasteiger partial charge in [0.15, 0.2) is 0 Å². The van der Waals surface area contributed by atoms with Gasteiger partial charge in [0.1, 0.15) is 0 Å². The highest BCUT2D eigenvalue weighted by atomic mass is 35.5. The van der Waals surface area contributed by atoms with Crippen molar-refractivity contribution in [2.45, 2.75) is 30.5 Å². The average Bonchev–Trinajstić information content (AvgIpc) is 2.70. The fourth-order valence-corrected chi connectivity index (χ4v) is 4.71. The molecule has 0 aliphatic rings. The van der Waals surface area contributed by atoms with E-state index in [9.17, 15) is 21.6 Å². The van der Waals surface area contributed by atoms with Gasteiger partial charge in [-0.05, 0) is 43.0 Å². The molecule has 10 heteroatoms. The molecule has 2 N–H and O–H groups in total. The van der Waals surface area contributed by atoms with Crippen LogP contribution in [0.3, 0.4) is 0 Å². The van der Waals surface area contributed by atoms with Crippen LogP contribution in [0.1, 0.15) is 18.1 Å². The van der Waals surface area contributed by atoms with Crippen molar-refractivity contribution in [3.63, 3.8) is 0 Å². The molecule has 2 aromatic carbocycles. The first kappa shape index (κ1) is 25.1. The summed E-state index contributed by atoms with van der Waals surface area (Å²) in [6.07, 6.45) is -1.59. The van der Waals surface area contributed by atoms with Crippen LogP contribution in [0.15, 0.2) is 65.8 Å². The predicted molar refractivity (Wildman–Crippen MR) is 117 cm³/mol. The molecule has 0 aliphatic carbocycles. The molecule has 0 saturated carbocycles. The minimum Gasteiger partial charge on any atom is -0.315 e. The van der Waals surface area contributed by atoms with Gasteiger partial charge in [0, 0.05) is 30.4 Å². The number of nitrogens with one attached hydrogen (secondary N) is 2. The molecule has 0 aliphatic heterocycles. The zero-order valence-electron chi connectivity index (χ0n) is 16.7. The fraction of sp³-hybridized carbons (Fsp3) is 0.286. The summed E-state index contributed by atoms with van der Waals surface area (Å²) in [6, 6.07) is 12.6. The Hall–Kier alpha value is -2.20. The lowest BCUT2D eigenvalue weighted by molar-refractivity contribution is -0.138. The van der Waals surface area contributed by atoms with E-state index in [0.29, 0.717) is 6.54 Å². The second-order valence-corrected chi connectivity index (χ2v) is 8.68. The van der Waals surface area contributed by atoms with Gasteiger partial charge in [-0.25, -0.2) is 13.1 Å². The maximum atomic E-state index is 13.7. The zero-order valence-corrected chi connectivity index (χ0v) is 18.3. The summed E-state index contributed by atoms with van der Waals surface area (Å²) in [6.45, 7) is 2.50. The van der Waals surface area contributed by atoms with E-state index in [1.807, 2.05) is 30.3 Å². The molecule has 0 amide bonds. The Balaban J connectivity index is 0.00000341. The second-order valence-electron chi connectivity index (χ2n) is 7.00. The number of hydrogen-bond acceptors (Lipinski definition) is 4. The number of fused-ring (bicyclic) bond motifs is 1. The quantitative estimate of drug-likeness (QED) is 0.482. The Bertz CT molecular complexity index is 1110. The summed E-state index contributed by atoms with van der Waals surface area (Å²) < 4.78 is 69.0. The molecule has 1 heterocycles. The Kier molecular flexibility index (Phi) is 8.41. The second kappa shape index (κ2) is 10.4. The lowest BCUT2D eigenvalue weighted by atomic mass is 10.1. The van der Waals surface area contributed by atoms with Crippen molar-refractivity contribution in [2.24, 2.45) is 0 Å². The predicted octanol–water partition coefficient (Wildman–Crippen LogP) is 4.17. The number of aromatic nitrogens is 1. The van der Waals surface area contributed by atoms with Crippen LogP contribution in [0.2, 0.25) is 0 Å². The van der Waals surface area contributed by atoms with Crippen molar-refractivity contribution in [3.8, 4) is 0 Å².